The van der Waals surface area contributed by atoms with Gasteiger partial charge >= 0.3 is 5.97 Å². The Bertz CT molecular complexity index is 921. The molecular weight excluding hydrogens is 502 g/mol. The lowest BCUT2D eigenvalue weighted by atomic mass is 9.70. The second-order valence-electron chi connectivity index (χ2n) is 11.4. The third-order valence-corrected chi connectivity index (χ3v) is 8.81. The van der Waals surface area contributed by atoms with Crippen LogP contribution in [-0.2, 0) is 28.6 Å². The predicted molar refractivity (Wildman–Crippen MR) is 145 cm³/mol. The largest absolute Gasteiger partial charge is 0.465 e. The number of rotatable bonds is 14. The lowest BCUT2D eigenvalue weighted by Gasteiger charge is -2.40. The van der Waals surface area contributed by atoms with Gasteiger partial charge in [-0.3, -0.25) is 19.3 Å². The molecule has 4 fully saturated rings. The van der Waals surface area contributed by atoms with Crippen molar-refractivity contribution < 1.29 is 33.7 Å². The second-order valence-corrected chi connectivity index (χ2v) is 11.4. The van der Waals surface area contributed by atoms with E-state index in [-0.39, 0.29) is 30.9 Å². The van der Waals surface area contributed by atoms with Gasteiger partial charge < -0.3 is 29.1 Å². The molecule has 10 heteroatoms. The molecule has 6 atom stereocenters. The van der Waals surface area contributed by atoms with Gasteiger partial charge in [0.2, 0.25) is 11.8 Å². The first-order valence-corrected chi connectivity index (χ1v) is 14.4. The Balaban J connectivity index is 1.63. The number of aliphatic hydroxyl groups excluding tert-OH is 1. The number of aliphatic hydroxyl groups is 1. The Morgan fingerprint density at radius 3 is 2.64 bits per heavy atom. The molecule has 1 N–H and O–H groups in total. The Morgan fingerprint density at radius 2 is 2.00 bits per heavy atom. The highest BCUT2D eigenvalue weighted by atomic mass is 16.6. The number of amides is 2. The van der Waals surface area contributed by atoms with Crippen LogP contribution >= 0.6 is 0 Å². The van der Waals surface area contributed by atoms with E-state index in [2.05, 4.69) is 18.1 Å². The summed E-state index contributed by atoms with van der Waals surface area (Å²) in [7, 11) is 0. The summed E-state index contributed by atoms with van der Waals surface area (Å²) in [4.78, 5) is 47.4. The normalized spacial score (nSPS) is 30.9. The fourth-order valence-electron chi connectivity index (χ4n) is 6.82. The van der Waals surface area contributed by atoms with Crippen LogP contribution in [0.15, 0.2) is 25.3 Å². The molecule has 0 radical (unpaired) electrons. The first-order chi connectivity index (χ1) is 18.8. The van der Waals surface area contributed by atoms with Gasteiger partial charge in [0.25, 0.3) is 0 Å². The van der Waals surface area contributed by atoms with Gasteiger partial charge in [0, 0.05) is 32.7 Å². The molecule has 2 unspecified atom stereocenters. The molecule has 0 saturated carbocycles. The third-order valence-electron chi connectivity index (χ3n) is 8.81. The van der Waals surface area contributed by atoms with Crippen molar-refractivity contribution >= 4 is 17.8 Å². The van der Waals surface area contributed by atoms with Gasteiger partial charge in [-0.05, 0) is 31.6 Å². The quantitative estimate of drug-likeness (QED) is 0.197. The van der Waals surface area contributed by atoms with Crippen LogP contribution < -0.4 is 0 Å². The zero-order chi connectivity index (χ0) is 28.2. The van der Waals surface area contributed by atoms with Crippen molar-refractivity contribution in [2.24, 2.45) is 17.8 Å². The van der Waals surface area contributed by atoms with Gasteiger partial charge in [-0.25, -0.2) is 0 Å². The fraction of sp³-hybridized carbons (Fsp3) is 0.759. The maximum Gasteiger partial charge on any atom is 0.312 e. The number of allylic oxidation sites excluding steroid dienone is 1. The summed E-state index contributed by atoms with van der Waals surface area (Å²) >= 11 is 0. The third kappa shape index (κ3) is 5.66. The highest BCUT2D eigenvalue weighted by molar-refractivity contribution is 5.98. The van der Waals surface area contributed by atoms with Crippen LogP contribution in [0, 0.1) is 17.8 Å². The maximum atomic E-state index is 14.4. The van der Waals surface area contributed by atoms with Gasteiger partial charge in [0.1, 0.15) is 11.6 Å². The summed E-state index contributed by atoms with van der Waals surface area (Å²) in [5, 5.41) is 10.4. The first kappa shape index (κ1) is 29.7. The molecule has 0 aromatic heterocycles. The number of ether oxygens (including phenoxy) is 3. The van der Waals surface area contributed by atoms with E-state index in [1.165, 1.54) is 0 Å². The highest BCUT2D eigenvalue weighted by Crippen LogP contribution is 2.59. The summed E-state index contributed by atoms with van der Waals surface area (Å²) in [6, 6.07) is -1.51. The molecule has 4 rings (SSSR count). The summed E-state index contributed by atoms with van der Waals surface area (Å²) in [5.74, 6) is -2.65. The molecule has 10 nitrogen and oxygen atoms in total. The fourth-order valence-corrected chi connectivity index (χ4v) is 6.82. The standard InChI is InChI=1S/C29H45N3O7/c1-5-7-8-16-38-28(36)23-22-9-10-29(39-22)24(23)26(34)32(21(19-33)20(3)4)25(29)27(35)31(11-6-2)13-12-30-14-17-37-18-15-30/h5-6,20-25,33H,1-2,7-19H2,3-4H3/t21-,22+,23-,24-,25?,29?/m0/s1. The molecule has 2 amide bonds. The van der Waals surface area contributed by atoms with Crippen molar-refractivity contribution in [2.45, 2.75) is 63.3 Å². The zero-order valence-corrected chi connectivity index (χ0v) is 23.5. The first-order valence-electron chi connectivity index (χ1n) is 14.4. The minimum absolute atomic E-state index is 0.104. The summed E-state index contributed by atoms with van der Waals surface area (Å²) in [6.07, 6.45) is 5.46. The summed E-state index contributed by atoms with van der Waals surface area (Å²) in [6.45, 7) is 15.8. The van der Waals surface area contributed by atoms with Crippen LogP contribution in [0.2, 0.25) is 0 Å². The van der Waals surface area contributed by atoms with Crippen molar-refractivity contribution in [1.82, 2.24) is 14.7 Å². The zero-order valence-electron chi connectivity index (χ0n) is 23.5. The van der Waals surface area contributed by atoms with Crippen molar-refractivity contribution in [3.63, 3.8) is 0 Å². The van der Waals surface area contributed by atoms with Crippen LogP contribution in [0.4, 0.5) is 0 Å². The Kier molecular flexibility index (Phi) is 9.85. The number of hydrogen-bond donors (Lipinski definition) is 1. The number of esters is 1. The molecule has 0 aromatic carbocycles. The van der Waals surface area contributed by atoms with E-state index in [1.807, 2.05) is 13.8 Å². The summed E-state index contributed by atoms with van der Waals surface area (Å²) in [5.41, 5.74) is -1.12. The molecule has 39 heavy (non-hydrogen) atoms. The van der Waals surface area contributed by atoms with Crippen molar-refractivity contribution in [2.75, 3.05) is 59.2 Å². The number of morpholine rings is 1. The molecule has 4 heterocycles. The second kappa shape index (κ2) is 12.9. The monoisotopic (exact) mass is 547 g/mol. The van der Waals surface area contributed by atoms with Crippen LogP contribution in [0.1, 0.15) is 39.5 Å². The highest BCUT2D eigenvalue weighted by Gasteiger charge is 2.75. The van der Waals surface area contributed by atoms with Crippen molar-refractivity contribution in [1.29, 1.82) is 0 Å². The molecular formula is C29H45N3O7. The van der Waals surface area contributed by atoms with E-state index in [1.54, 1.807) is 22.0 Å². The van der Waals surface area contributed by atoms with E-state index in [9.17, 15) is 19.5 Å². The van der Waals surface area contributed by atoms with Crippen molar-refractivity contribution in [3.8, 4) is 0 Å². The van der Waals surface area contributed by atoms with Crippen LogP contribution in [-0.4, -0.2) is 121 Å². The van der Waals surface area contributed by atoms with E-state index >= 15 is 0 Å². The number of carbonyl (C=O) groups is 3. The molecule has 4 aliphatic heterocycles. The van der Waals surface area contributed by atoms with Gasteiger partial charge in [-0.15, -0.1) is 13.2 Å². The molecule has 2 bridgehead atoms. The maximum absolute atomic E-state index is 14.4. The van der Waals surface area contributed by atoms with Gasteiger partial charge in [-0.1, -0.05) is 26.0 Å². The number of likely N-dealkylation sites (tertiary alicyclic amines) is 1. The minimum Gasteiger partial charge on any atom is -0.465 e. The topological polar surface area (TPSA) is 109 Å². The van der Waals surface area contributed by atoms with E-state index in [0.29, 0.717) is 52.1 Å². The molecule has 0 aliphatic carbocycles. The molecule has 1 spiro atoms. The van der Waals surface area contributed by atoms with Gasteiger partial charge in [0.05, 0.1) is 50.4 Å². The van der Waals surface area contributed by atoms with E-state index < -0.39 is 41.6 Å². The van der Waals surface area contributed by atoms with Crippen molar-refractivity contribution in [3.05, 3.63) is 25.3 Å². The van der Waals surface area contributed by atoms with Crippen LogP contribution in [0.5, 0.6) is 0 Å². The Labute approximate surface area is 231 Å². The van der Waals surface area contributed by atoms with Crippen LogP contribution in [0.25, 0.3) is 0 Å². The Hall–Kier alpha value is -2.27. The molecule has 0 aromatic rings. The number of unbranched alkanes of at least 4 members (excludes halogenated alkanes) is 1. The minimum atomic E-state index is -1.12. The number of carbonyl (C=O) groups excluding carboxylic acids is 3. The van der Waals surface area contributed by atoms with Gasteiger partial charge in [0.15, 0.2) is 0 Å². The number of nitrogens with zero attached hydrogens (tertiary/aromatic N) is 3. The van der Waals surface area contributed by atoms with Crippen LogP contribution in [0.3, 0.4) is 0 Å². The number of fused-ring (bicyclic) bond motifs is 1. The van der Waals surface area contributed by atoms with Gasteiger partial charge in [-0.2, -0.15) is 0 Å². The molecule has 4 aliphatic rings. The SMILES string of the molecule is C=CCCCOC(=O)[C@@H]1[C@H]2C(=O)N([C@@H](CO)C(C)C)C(C(=O)N(CC=C)CCN3CCOCC3)C23CC[C@H]1O3. The lowest BCUT2D eigenvalue weighted by Crippen LogP contribution is -2.60. The average molecular weight is 548 g/mol. The predicted octanol–water partition coefficient (Wildman–Crippen LogP) is 1.23. The van der Waals surface area contributed by atoms with E-state index in [0.717, 1.165) is 19.5 Å². The smallest absolute Gasteiger partial charge is 0.312 e. The molecule has 4 saturated heterocycles. The average Bonchev–Trinajstić information content (AvgIpc) is 3.57. The van der Waals surface area contributed by atoms with E-state index in [4.69, 9.17) is 14.2 Å². The lowest BCUT2D eigenvalue weighted by molar-refractivity contribution is -0.157. The molecule has 218 valence electrons. The Morgan fingerprint density at radius 1 is 1.26 bits per heavy atom. The summed E-state index contributed by atoms with van der Waals surface area (Å²) < 4.78 is 17.5. The number of hydrogen-bond acceptors (Lipinski definition) is 8.